The van der Waals surface area contributed by atoms with Gasteiger partial charge in [0.1, 0.15) is 0 Å². The Morgan fingerprint density at radius 2 is 0.970 bits per heavy atom. The van der Waals surface area contributed by atoms with E-state index in [9.17, 15) is 9.46 Å². The van der Waals surface area contributed by atoms with E-state index in [1.165, 1.54) is 38.5 Å². The molecule has 0 aromatic rings. The molecule has 8 nitrogen and oxygen atoms in total. The second-order valence-corrected chi connectivity index (χ2v) is 9.80. The summed E-state index contributed by atoms with van der Waals surface area (Å²) in [4.78, 5) is 9.66. The molecule has 0 aliphatic carbocycles. The molecule has 0 spiro atoms. The van der Waals surface area contributed by atoms with Crippen molar-refractivity contribution in [3.8, 4) is 0 Å². The lowest BCUT2D eigenvalue weighted by molar-refractivity contribution is 0.0107. The van der Waals surface area contributed by atoms with Crippen molar-refractivity contribution in [1.29, 1.82) is 0 Å². The van der Waals surface area contributed by atoms with Gasteiger partial charge in [-0.15, -0.1) is 0 Å². The number of rotatable bonds is 26. The second kappa shape index (κ2) is 23.7. The monoisotopic (exact) mass is 498 g/mol. The molecule has 2 atom stereocenters. The summed E-state index contributed by atoms with van der Waals surface area (Å²) in [6, 6.07) is 0. The van der Waals surface area contributed by atoms with Crippen LogP contribution in [0.3, 0.4) is 0 Å². The van der Waals surface area contributed by atoms with Crippen LogP contribution < -0.4 is 0 Å². The van der Waals surface area contributed by atoms with Crippen LogP contribution in [0.5, 0.6) is 0 Å². The first kappa shape index (κ1) is 33.0. The van der Waals surface area contributed by atoms with Crippen LogP contribution in [0.2, 0.25) is 0 Å². The van der Waals surface area contributed by atoms with Crippen LogP contribution >= 0.6 is 7.82 Å². The maximum atomic E-state index is 11.8. The fraction of sp³-hybridized carbons (Fsp3) is 1.00. The van der Waals surface area contributed by atoms with E-state index >= 15 is 0 Å². The van der Waals surface area contributed by atoms with Crippen LogP contribution in [0.25, 0.3) is 0 Å². The minimum Gasteiger partial charge on any atom is -0.379 e. The summed E-state index contributed by atoms with van der Waals surface area (Å²) in [7, 11) is -4.09. The largest absolute Gasteiger partial charge is 0.472 e. The maximum Gasteiger partial charge on any atom is 0.472 e. The standard InChI is InChI=1S/C24H51O8P/c1-5-9-11-23(7-3)21-29-15-13-27-17-19-31-33(25,26)32-20-18-28-14-16-30-22-24(8-4)12-10-6-2/h23-24H,5-22H2,1-4H3,(H,25,26). The Morgan fingerprint density at radius 3 is 1.33 bits per heavy atom. The molecule has 2 unspecified atom stereocenters. The third-order valence-corrected chi connectivity index (χ3v) is 6.52. The van der Waals surface area contributed by atoms with Gasteiger partial charge in [0, 0.05) is 13.2 Å². The predicted octanol–water partition coefficient (Wildman–Crippen LogP) is 5.62. The van der Waals surface area contributed by atoms with Crippen LogP contribution in [-0.4, -0.2) is 71.0 Å². The van der Waals surface area contributed by atoms with Gasteiger partial charge in [-0.2, -0.15) is 0 Å². The van der Waals surface area contributed by atoms with Gasteiger partial charge < -0.3 is 23.8 Å². The molecule has 0 radical (unpaired) electrons. The average Bonchev–Trinajstić information content (AvgIpc) is 2.81. The summed E-state index contributed by atoms with van der Waals surface area (Å²) >= 11 is 0. The lowest BCUT2D eigenvalue weighted by Gasteiger charge is -2.15. The van der Waals surface area contributed by atoms with Gasteiger partial charge in [-0.1, -0.05) is 66.2 Å². The lowest BCUT2D eigenvalue weighted by atomic mass is 10.0. The molecular formula is C24H51O8P. The Morgan fingerprint density at radius 1 is 0.606 bits per heavy atom. The number of hydrogen-bond donors (Lipinski definition) is 1. The molecule has 0 saturated carbocycles. The Kier molecular flexibility index (Phi) is 23.6. The molecule has 1 N–H and O–H groups in total. The van der Waals surface area contributed by atoms with Crippen LogP contribution in [0.15, 0.2) is 0 Å². The zero-order valence-corrected chi connectivity index (χ0v) is 22.5. The minimum absolute atomic E-state index is 0.0206. The molecule has 9 heteroatoms. The van der Waals surface area contributed by atoms with Crippen molar-refractivity contribution in [2.75, 3.05) is 66.1 Å². The zero-order chi connectivity index (χ0) is 24.6. The molecule has 33 heavy (non-hydrogen) atoms. The molecule has 0 aromatic carbocycles. The predicted molar refractivity (Wildman–Crippen MR) is 132 cm³/mol. The Bertz CT molecular complexity index is 416. The molecule has 0 saturated heterocycles. The van der Waals surface area contributed by atoms with Gasteiger partial charge in [-0.3, -0.25) is 9.05 Å². The summed E-state index contributed by atoms with van der Waals surface area (Å²) in [6.07, 6.45) is 9.53. The fourth-order valence-electron chi connectivity index (χ4n) is 3.20. The fourth-order valence-corrected chi connectivity index (χ4v) is 3.88. The highest BCUT2D eigenvalue weighted by molar-refractivity contribution is 7.47. The van der Waals surface area contributed by atoms with Crippen LogP contribution in [0.1, 0.15) is 79.1 Å². The van der Waals surface area contributed by atoms with Crippen molar-refractivity contribution in [1.82, 2.24) is 0 Å². The highest BCUT2D eigenvalue weighted by Crippen LogP contribution is 2.42. The number of unbranched alkanes of at least 4 members (excludes halogenated alkanes) is 2. The minimum atomic E-state index is -4.09. The number of phosphoric ester groups is 1. The number of hydrogen-bond acceptors (Lipinski definition) is 7. The van der Waals surface area contributed by atoms with E-state index in [0.717, 1.165) is 26.1 Å². The van der Waals surface area contributed by atoms with Gasteiger partial charge in [-0.05, 0) is 24.7 Å². The van der Waals surface area contributed by atoms with Crippen LogP contribution in [0, 0.1) is 11.8 Å². The highest BCUT2D eigenvalue weighted by Gasteiger charge is 2.20. The van der Waals surface area contributed by atoms with Gasteiger partial charge in [0.2, 0.25) is 0 Å². The molecule has 0 amide bonds. The van der Waals surface area contributed by atoms with E-state index in [4.69, 9.17) is 28.0 Å². The highest BCUT2D eigenvalue weighted by atomic mass is 31.2. The van der Waals surface area contributed by atoms with E-state index in [1.54, 1.807) is 0 Å². The van der Waals surface area contributed by atoms with E-state index < -0.39 is 7.82 Å². The first-order chi connectivity index (χ1) is 16.0. The summed E-state index contributed by atoms with van der Waals surface area (Å²) in [6.45, 7) is 12.5. The Balaban J connectivity index is 3.54. The first-order valence-corrected chi connectivity index (χ1v) is 14.4. The number of ether oxygens (including phenoxy) is 4. The van der Waals surface area contributed by atoms with Crippen molar-refractivity contribution in [3.05, 3.63) is 0 Å². The van der Waals surface area contributed by atoms with Gasteiger partial charge >= 0.3 is 7.82 Å². The van der Waals surface area contributed by atoms with E-state index in [2.05, 4.69) is 27.7 Å². The molecule has 0 aliphatic rings. The van der Waals surface area contributed by atoms with E-state index in [-0.39, 0.29) is 26.4 Å². The van der Waals surface area contributed by atoms with Crippen molar-refractivity contribution in [2.45, 2.75) is 79.1 Å². The van der Waals surface area contributed by atoms with Gasteiger partial charge in [-0.25, -0.2) is 4.57 Å². The number of phosphoric acid groups is 1. The maximum absolute atomic E-state index is 11.8. The molecule has 0 rings (SSSR count). The van der Waals surface area contributed by atoms with Gasteiger partial charge in [0.25, 0.3) is 0 Å². The molecule has 0 heterocycles. The van der Waals surface area contributed by atoms with Gasteiger partial charge in [0.05, 0.1) is 52.9 Å². The zero-order valence-electron chi connectivity index (χ0n) is 21.6. The third-order valence-electron chi connectivity index (χ3n) is 5.50. The first-order valence-electron chi connectivity index (χ1n) is 12.9. The summed E-state index contributed by atoms with van der Waals surface area (Å²) < 4.78 is 43.7. The Labute approximate surface area is 202 Å². The third kappa shape index (κ3) is 22.2. The second-order valence-electron chi connectivity index (χ2n) is 8.34. The van der Waals surface area contributed by atoms with Crippen molar-refractivity contribution in [2.24, 2.45) is 11.8 Å². The normalized spacial score (nSPS) is 15.4. The molecule has 200 valence electrons. The Hall–Kier alpha value is -0.0500. The van der Waals surface area contributed by atoms with Gasteiger partial charge in [0.15, 0.2) is 0 Å². The smallest absolute Gasteiger partial charge is 0.379 e. The molecule has 0 aromatic heterocycles. The quantitative estimate of drug-likeness (QED) is 0.121. The van der Waals surface area contributed by atoms with Crippen LogP contribution in [0.4, 0.5) is 0 Å². The van der Waals surface area contributed by atoms with Crippen molar-refractivity contribution in [3.63, 3.8) is 0 Å². The molecular weight excluding hydrogens is 447 g/mol. The van der Waals surface area contributed by atoms with E-state index in [0.29, 0.717) is 38.3 Å². The summed E-state index contributed by atoms with van der Waals surface area (Å²) in [5.41, 5.74) is 0. The van der Waals surface area contributed by atoms with Crippen molar-refractivity contribution >= 4 is 7.82 Å². The molecule has 0 fully saturated rings. The summed E-state index contributed by atoms with van der Waals surface area (Å²) in [5, 5.41) is 0. The summed E-state index contributed by atoms with van der Waals surface area (Å²) in [5.74, 6) is 1.21. The van der Waals surface area contributed by atoms with E-state index in [1.807, 2.05) is 0 Å². The topological polar surface area (TPSA) is 92.7 Å². The molecule has 0 bridgehead atoms. The average molecular weight is 499 g/mol. The molecule has 0 aliphatic heterocycles. The lowest BCUT2D eigenvalue weighted by Crippen LogP contribution is -2.14. The van der Waals surface area contributed by atoms with Crippen molar-refractivity contribution < 1.29 is 37.5 Å². The SMILES string of the molecule is CCCCC(CC)COCCOCCOP(=O)(O)OCCOCCOCC(CC)CCCC. The van der Waals surface area contributed by atoms with Crippen LogP contribution in [-0.2, 0) is 32.6 Å².